The Balaban J connectivity index is 1.58. The van der Waals surface area contributed by atoms with Crippen molar-refractivity contribution in [3.8, 4) is 11.4 Å². The van der Waals surface area contributed by atoms with Crippen LogP contribution >= 0.6 is 0 Å². The number of anilines is 4. The fraction of sp³-hybridized carbons (Fsp3) is 0.241. The molecule has 1 amide bonds. The summed E-state index contributed by atoms with van der Waals surface area (Å²) in [5.41, 5.74) is -0.417. The molecule has 0 unspecified atom stereocenters. The summed E-state index contributed by atoms with van der Waals surface area (Å²) in [6, 6.07) is 12.2. The van der Waals surface area contributed by atoms with E-state index < -0.39 is 23.2 Å². The zero-order valence-electron chi connectivity index (χ0n) is 22.9. The molecule has 1 aliphatic rings. The van der Waals surface area contributed by atoms with Crippen LogP contribution in [0.15, 0.2) is 72.2 Å². The lowest BCUT2D eigenvalue weighted by Crippen LogP contribution is -2.44. The van der Waals surface area contributed by atoms with E-state index in [1.807, 2.05) is 12.1 Å². The number of amides is 1. The molecule has 0 atom stereocenters. The van der Waals surface area contributed by atoms with E-state index in [9.17, 15) is 22.8 Å². The molecule has 5 rings (SSSR count). The highest BCUT2D eigenvalue weighted by molar-refractivity contribution is 5.99. The number of piperazine rings is 1. The van der Waals surface area contributed by atoms with Crippen LogP contribution in [0.2, 0.25) is 0 Å². The molecule has 0 radical (unpaired) electrons. The zero-order valence-corrected chi connectivity index (χ0v) is 22.9. The monoisotopic (exact) mass is 579 g/mol. The molecule has 2 N–H and O–H groups in total. The molecule has 1 saturated heterocycles. The van der Waals surface area contributed by atoms with Crippen LogP contribution in [0.1, 0.15) is 5.56 Å². The highest BCUT2D eigenvalue weighted by Gasteiger charge is 2.35. The maximum atomic E-state index is 13.9. The normalized spacial score (nSPS) is 14.1. The lowest BCUT2D eigenvalue weighted by molar-refractivity contribution is -0.136. The van der Waals surface area contributed by atoms with E-state index in [1.54, 1.807) is 18.2 Å². The minimum absolute atomic E-state index is 0.0447. The Kier molecular flexibility index (Phi) is 7.85. The fourth-order valence-electron chi connectivity index (χ4n) is 4.73. The largest absolute Gasteiger partial charge is 0.494 e. The van der Waals surface area contributed by atoms with Crippen molar-refractivity contribution in [2.45, 2.75) is 6.18 Å². The number of carbonyl (C=O) groups is 1. The molecule has 1 fully saturated rings. The lowest BCUT2D eigenvalue weighted by atomic mass is 10.1. The number of hydrogen-bond donors (Lipinski definition) is 2. The lowest BCUT2D eigenvalue weighted by Gasteiger charge is -2.34. The minimum atomic E-state index is -4.82. The Hall–Kier alpha value is -4.91. The summed E-state index contributed by atoms with van der Waals surface area (Å²) in [5.74, 6) is -0.0443. The van der Waals surface area contributed by atoms with Crippen LogP contribution in [0.5, 0.6) is 5.75 Å². The van der Waals surface area contributed by atoms with E-state index in [0.717, 1.165) is 48.7 Å². The van der Waals surface area contributed by atoms with E-state index in [0.29, 0.717) is 23.2 Å². The Bertz CT molecular complexity index is 1710. The van der Waals surface area contributed by atoms with Gasteiger partial charge < -0.3 is 25.2 Å². The van der Waals surface area contributed by atoms with Crippen molar-refractivity contribution in [2.75, 3.05) is 55.9 Å². The first kappa shape index (κ1) is 28.6. The van der Waals surface area contributed by atoms with Crippen molar-refractivity contribution in [2.24, 2.45) is 0 Å². The van der Waals surface area contributed by atoms with Gasteiger partial charge in [0.25, 0.3) is 5.56 Å². The number of rotatable bonds is 7. The number of nitrogens with zero attached hydrogens (tertiary/aromatic N) is 5. The number of pyridine rings is 1. The molecular formula is C29H28F3N7O3. The number of likely N-dealkylation sites (N-methyl/N-ethyl adjacent to an activating group) is 1. The fourth-order valence-corrected chi connectivity index (χ4v) is 4.73. The number of methoxy groups -OCH3 is 1. The summed E-state index contributed by atoms with van der Waals surface area (Å²) in [6.07, 6.45) is -2.72. The van der Waals surface area contributed by atoms with E-state index in [1.165, 1.54) is 19.2 Å². The van der Waals surface area contributed by atoms with Gasteiger partial charge in [-0.2, -0.15) is 18.2 Å². The van der Waals surface area contributed by atoms with Crippen LogP contribution in [0.25, 0.3) is 16.7 Å². The van der Waals surface area contributed by atoms with Gasteiger partial charge >= 0.3 is 6.18 Å². The summed E-state index contributed by atoms with van der Waals surface area (Å²) in [5, 5.41) is 5.22. The molecule has 218 valence electrons. The highest BCUT2D eigenvalue weighted by Crippen LogP contribution is 2.35. The van der Waals surface area contributed by atoms with Gasteiger partial charge in [0.2, 0.25) is 11.9 Å². The summed E-state index contributed by atoms with van der Waals surface area (Å²) in [7, 11) is 3.59. The van der Waals surface area contributed by atoms with Crippen LogP contribution < -0.4 is 25.8 Å². The predicted octanol–water partition coefficient (Wildman–Crippen LogP) is 4.43. The third kappa shape index (κ3) is 5.91. The number of aromatic nitrogens is 3. The molecule has 42 heavy (non-hydrogen) atoms. The van der Waals surface area contributed by atoms with Gasteiger partial charge in [0, 0.05) is 61.3 Å². The Morgan fingerprint density at radius 3 is 2.52 bits per heavy atom. The number of fused-ring (bicyclic) bond motifs is 1. The standard InChI is InChI=1S/C29H28F3N7O3/c1-4-25(40)34-18-6-5-7-20(14-18)39-26(41)16-22(29(30,31)32)21-17-33-28(36-27(21)39)35-23-9-8-19(15-24(23)42-3)38-12-10-37(2)11-13-38/h4-9,14-17H,1,10-13H2,2-3H3,(H,34,40)(H,33,35,36). The number of alkyl halides is 3. The van der Waals surface area contributed by atoms with Crippen LogP contribution in [0.3, 0.4) is 0 Å². The van der Waals surface area contributed by atoms with Gasteiger partial charge in [-0.3, -0.25) is 14.2 Å². The van der Waals surface area contributed by atoms with E-state index in [2.05, 4.69) is 44.0 Å². The third-order valence-corrected chi connectivity index (χ3v) is 6.92. The molecule has 1 aliphatic heterocycles. The Labute approximate surface area is 239 Å². The van der Waals surface area contributed by atoms with Crippen molar-refractivity contribution in [3.05, 3.63) is 83.3 Å². The van der Waals surface area contributed by atoms with Gasteiger partial charge in [-0.05, 0) is 43.5 Å². The molecule has 13 heteroatoms. The number of nitrogens with one attached hydrogen (secondary N) is 2. The molecular weight excluding hydrogens is 551 g/mol. The first-order chi connectivity index (χ1) is 20.1. The molecule has 3 heterocycles. The van der Waals surface area contributed by atoms with Crippen molar-refractivity contribution < 1.29 is 22.7 Å². The van der Waals surface area contributed by atoms with Crippen LogP contribution in [0.4, 0.5) is 36.2 Å². The van der Waals surface area contributed by atoms with Gasteiger partial charge in [0.15, 0.2) is 5.65 Å². The second kappa shape index (κ2) is 11.5. The predicted molar refractivity (Wildman–Crippen MR) is 155 cm³/mol. The SMILES string of the molecule is C=CC(=O)Nc1cccc(-n2c(=O)cc(C(F)(F)F)c3cnc(Nc4ccc(N5CCN(C)CC5)cc4OC)nc32)c1. The number of halogens is 3. The Morgan fingerprint density at radius 2 is 1.83 bits per heavy atom. The molecule has 0 aliphatic carbocycles. The van der Waals surface area contributed by atoms with Crippen molar-refractivity contribution in [3.63, 3.8) is 0 Å². The minimum Gasteiger partial charge on any atom is -0.494 e. The van der Waals surface area contributed by atoms with Gasteiger partial charge in [-0.1, -0.05) is 12.6 Å². The smallest absolute Gasteiger partial charge is 0.417 e. The van der Waals surface area contributed by atoms with Gasteiger partial charge in [0.05, 0.1) is 24.0 Å². The average Bonchev–Trinajstić information content (AvgIpc) is 2.97. The number of hydrogen-bond acceptors (Lipinski definition) is 8. The van der Waals surface area contributed by atoms with E-state index in [4.69, 9.17) is 4.74 Å². The summed E-state index contributed by atoms with van der Waals surface area (Å²) < 4.78 is 48.4. The molecule has 0 bridgehead atoms. The van der Waals surface area contributed by atoms with Crippen LogP contribution in [-0.2, 0) is 11.0 Å². The van der Waals surface area contributed by atoms with E-state index >= 15 is 0 Å². The maximum absolute atomic E-state index is 13.9. The first-order valence-corrected chi connectivity index (χ1v) is 13.0. The maximum Gasteiger partial charge on any atom is 0.417 e. The summed E-state index contributed by atoms with van der Waals surface area (Å²) in [4.78, 5) is 37.9. The van der Waals surface area contributed by atoms with Gasteiger partial charge in [0.1, 0.15) is 5.75 Å². The second-order valence-electron chi connectivity index (χ2n) is 9.70. The average molecular weight is 580 g/mol. The Morgan fingerprint density at radius 1 is 1.07 bits per heavy atom. The number of ether oxygens (including phenoxy) is 1. The second-order valence-corrected chi connectivity index (χ2v) is 9.70. The summed E-state index contributed by atoms with van der Waals surface area (Å²) >= 11 is 0. The molecule has 2 aromatic heterocycles. The molecule has 0 saturated carbocycles. The molecule has 10 nitrogen and oxygen atoms in total. The number of benzene rings is 2. The van der Waals surface area contributed by atoms with Gasteiger partial charge in [-0.15, -0.1) is 0 Å². The van der Waals surface area contributed by atoms with Crippen molar-refractivity contribution >= 4 is 40.0 Å². The molecule has 0 spiro atoms. The zero-order chi connectivity index (χ0) is 30.0. The third-order valence-electron chi connectivity index (χ3n) is 6.92. The number of carbonyl (C=O) groups excluding carboxylic acids is 1. The van der Waals surface area contributed by atoms with E-state index in [-0.39, 0.29) is 22.7 Å². The summed E-state index contributed by atoms with van der Waals surface area (Å²) in [6.45, 7) is 6.98. The highest BCUT2D eigenvalue weighted by atomic mass is 19.4. The molecule has 4 aromatic rings. The van der Waals surface area contributed by atoms with Crippen molar-refractivity contribution in [1.29, 1.82) is 0 Å². The van der Waals surface area contributed by atoms with Crippen LogP contribution in [-0.4, -0.2) is 65.7 Å². The topological polar surface area (TPSA) is 105 Å². The van der Waals surface area contributed by atoms with Gasteiger partial charge in [-0.25, -0.2) is 4.98 Å². The van der Waals surface area contributed by atoms with Crippen LogP contribution in [0, 0.1) is 0 Å². The first-order valence-electron chi connectivity index (χ1n) is 13.0. The molecule has 2 aromatic carbocycles. The quantitative estimate of drug-likeness (QED) is 0.310. The van der Waals surface area contributed by atoms with Crippen molar-refractivity contribution in [1.82, 2.24) is 19.4 Å².